The summed E-state index contributed by atoms with van der Waals surface area (Å²) in [6.07, 6.45) is 5.02. The van der Waals surface area contributed by atoms with Gasteiger partial charge in [0.1, 0.15) is 0 Å². The second-order valence-electron chi connectivity index (χ2n) is 6.27. The Morgan fingerprint density at radius 3 is 2.80 bits per heavy atom. The topological polar surface area (TPSA) is 121 Å². The number of hydrogen-bond donors (Lipinski definition) is 2. The number of hydrazone groups is 1. The number of ether oxygens (including phenoxy) is 2. The summed E-state index contributed by atoms with van der Waals surface area (Å²) < 4.78 is 12.3. The fraction of sp³-hybridized carbons (Fsp3) is 0.143. The molecule has 0 fully saturated rings. The van der Waals surface area contributed by atoms with Crippen LogP contribution in [0, 0.1) is 0 Å². The molecule has 0 aliphatic carbocycles. The normalized spacial score (nSPS) is 10.7. The van der Waals surface area contributed by atoms with Crippen molar-refractivity contribution in [2.45, 2.75) is 6.54 Å². The zero-order valence-corrected chi connectivity index (χ0v) is 16.3. The van der Waals surface area contributed by atoms with Crippen molar-refractivity contribution in [1.29, 1.82) is 0 Å². The summed E-state index contributed by atoms with van der Waals surface area (Å²) in [4.78, 5) is 23.3. The third kappa shape index (κ3) is 5.68. The minimum Gasteiger partial charge on any atom is -0.493 e. The van der Waals surface area contributed by atoms with Crippen molar-refractivity contribution < 1.29 is 19.1 Å². The maximum atomic E-state index is 12.4. The highest BCUT2D eigenvalue weighted by Gasteiger charge is 2.08. The first kappa shape index (κ1) is 20.6. The van der Waals surface area contributed by atoms with Gasteiger partial charge in [0.25, 0.3) is 11.8 Å². The Kier molecular flexibility index (Phi) is 6.78. The van der Waals surface area contributed by atoms with Gasteiger partial charge in [-0.3, -0.25) is 14.3 Å². The number of carbonyl (C=O) groups is 2. The van der Waals surface area contributed by atoms with Crippen molar-refractivity contribution in [3.63, 3.8) is 0 Å². The van der Waals surface area contributed by atoms with Gasteiger partial charge >= 0.3 is 0 Å². The largest absolute Gasteiger partial charge is 0.493 e. The van der Waals surface area contributed by atoms with Crippen LogP contribution >= 0.6 is 0 Å². The monoisotopic (exact) mass is 407 g/mol. The van der Waals surface area contributed by atoms with Crippen LogP contribution in [0.15, 0.2) is 66.0 Å². The Morgan fingerprint density at radius 1 is 1.20 bits per heavy atom. The highest BCUT2D eigenvalue weighted by molar-refractivity contribution is 5.95. The number of primary amides is 1. The first-order valence-electron chi connectivity index (χ1n) is 9.04. The summed E-state index contributed by atoms with van der Waals surface area (Å²) in [5.74, 6) is -0.144. The van der Waals surface area contributed by atoms with Gasteiger partial charge in [0.15, 0.2) is 18.1 Å². The van der Waals surface area contributed by atoms with E-state index in [1.807, 2.05) is 24.4 Å². The SMILES string of the molecule is COc1ccc(/C=N\NC(=O)c2cccc(Cn3cccn3)c2)cc1OCC(N)=O. The van der Waals surface area contributed by atoms with E-state index in [1.54, 1.807) is 41.2 Å². The van der Waals surface area contributed by atoms with Gasteiger partial charge in [-0.15, -0.1) is 0 Å². The van der Waals surface area contributed by atoms with E-state index in [-0.39, 0.29) is 12.5 Å². The fourth-order valence-corrected chi connectivity index (χ4v) is 2.66. The second-order valence-corrected chi connectivity index (χ2v) is 6.27. The molecule has 1 aromatic heterocycles. The number of carbonyl (C=O) groups excluding carboxylic acids is 2. The van der Waals surface area contributed by atoms with Gasteiger partial charge in [0, 0.05) is 18.0 Å². The van der Waals surface area contributed by atoms with Crippen LogP contribution in [-0.2, 0) is 11.3 Å². The molecular weight excluding hydrogens is 386 g/mol. The van der Waals surface area contributed by atoms with Crippen LogP contribution in [0.25, 0.3) is 0 Å². The van der Waals surface area contributed by atoms with E-state index in [0.29, 0.717) is 29.2 Å². The second kappa shape index (κ2) is 9.87. The molecule has 0 aliphatic rings. The third-order valence-electron chi connectivity index (χ3n) is 4.03. The lowest BCUT2D eigenvalue weighted by Gasteiger charge is -2.09. The molecule has 9 heteroatoms. The standard InChI is InChI=1S/C21H21N5O4/c1-29-18-7-6-15(11-19(18)30-14-20(22)27)12-23-25-21(28)17-5-2-4-16(10-17)13-26-9-3-8-24-26/h2-12H,13-14H2,1H3,(H2,22,27)(H,25,28)/b23-12-. The van der Waals surface area contributed by atoms with Crippen LogP contribution in [0.3, 0.4) is 0 Å². The van der Waals surface area contributed by atoms with E-state index >= 15 is 0 Å². The molecule has 0 bridgehead atoms. The molecule has 0 saturated carbocycles. The summed E-state index contributed by atoms with van der Waals surface area (Å²) in [6.45, 7) is 0.292. The molecule has 3 rings (SSSR count). The number of nitrogens with one attached hydrogen (secondary N) is 1. The average molecular weight is 407 g/mol. The Morgan fingerprint density at radius 2 is 2.07 bits per heavy atom. The van der Waals surface area contributed by atoms with Crippen molar-refractivity contribution in [3.8, 4) is 11.5 Å². The summed E-state index contributed by atoms with van der Waals surface area (Å²) in [7, 11) is 1.49. The summed E-state index contributed by atoms with van der Waals surface area (Å²) in [5, 5.41) is 8.14. The Bertz CT molecular complexity index is 1050. The van der Waals surface area contributed by atoms with E-state index in [4.69, 9.17) is 15.2 Å². The number of hydrogen-bond acceptors (Lipinski definition) is 6. The van der Waals surface area contributed by atoms with E-state index in [2.05, 4.69) is 15.6 Å². The van der Waals surface area contributed by atoms with Crippen molar-refractivity contribution in [2.75, 3.05) is 13.7 Å². The van der Waals surface area contributed by atoms with Crippen LogP contribution in [0.2, 0.25) is 0 Å². The van der Waals surface area contributed by atoms with Gasteiger partial charge < -0.3 is 15.2 Å². The smallest absolute Gasteiger partial charge is 0.271 e. The average Bonchev–Trinajstić information content (AvgIpc) is 3.25. The Labute approximate surface area is 173 Å². The maximum Gasteiger partial charge on any atom is 0.271 e. The van der Waals surface area contributed by atoms with Crippen molar-refractivity contribution in [3.05, 3.63) is 77.6 Å². The number of nitrogens with zero attached hydrogens (tertiary/aromatic N) is 3. The molecule has 0 saturated heterocycles. The minimum atomic E-state index is -0.599. The number of aromatic nitrogens is 2. The first-order valence-corrected chi connectivity index (χ1v) is 9.04. The van der Waals surface area contributed by atoms with Crippen LogP contribution in [-0.4, -0.2) is 41.5 Å². The van der Waals surface area contributed by atoms with Gasteiger partial charge in [-0.05, 0) is 47.5 Å². The number of methoxy groups -OCH3 is 1. The molecule has 1 heterocycles. The molecule has 2 aromatic carbocycles. The van der Waals surface area contributed by atoms with Crippen molar-refractivity contribution >= 4 is 18.0 Å². The summed E-state index contributed by atoms with van der Waals surface area (Å²) >= 11 is 0. The predicted octanol–water partition coefficient (Wildman–Crippen LogP) is 1.57. The van der Waals surface area contributed by atoms with Gasteiger partial charge in [0.2, 0.25) is 0 Å². The Hall–Kier alpha value is -4.14. The molecule has 2 amide bonds. The predicted molar refractivity (Wildman–Crippen MR) is 111 cm³/mol. The number of nitrogens with two attached hydrogens (primary N) is 1. The lowest BCUT2D eigenvalue weighted by Crippen LogP contribution is -2.20. The van der Waals surface area contributed by atoms with E-state index < -0.39 is 5.91 Å². The number of amides is 2. The highest BCUT2D eigenvalue weighted by atomic mass is 16.5. The fourth-order valence-electron chi connectivity index (χ4n) is 2.66. The van der Waals surface area contributed by atoms with Crippen LogP contribution in [0.5, 0.6) is 11.5 Å². The quantitative estimate of drug-likeness (QED) is 0.412. The Balaban J connectivity index is 1.64. The van der Waals surface area contributed by atoms with Crippen molar-refractivity contribution in [1.82, 2.24) is 15.2 Å². The zero-order chi connectivity index (χ0) is 21.3. The first-order chi connectivity index (χ1) is 14.5. The van der Waals surface area contributed by atoms with Crippen LogP contribution in [0.1, 0.15) is 21.5 Å². The van der Waals surface area contributed by atoms with Crippen LogP contribution < -0.4 is 20.6 Å². The molecule has 9 nitrogen and oxygen atoms in total. The van der Waals surface area contributed by atoms with Gasteiger partial charge in [-0.1, -0.05) is 12.1 Å². The molecule has 0 spiro atoms. The lowest BCUT2D eigenvalue weighted by atomic mass is 10.1. The highest BCUT2D eigenvalue weighted by Crippen LogP contribution is 2.27. The minimum absolute atomic E-state index is 0.275. The molecule has 3 aromatic rings. The molecule has 154 valence electrons. The zero-order valence-electron chi connectivity index (χ0n) is 16.3. The number of rotatable bonds is 9. The summed E-state index contributed by atoms with van der Waals surface area (Å²) in [6, 6.07) is 14.1. The molecular formula is C21H21N5O4. The molecule has 30 heavy (non-hydrogen) atoms. The van der Waals surface area contributed by atoms with Gasteiger partial charge in [0.05, 0.1) is 19.9 Å². The third-order valence-corrected chi connectivity index (χ3v) is 4.03. The van der Waals surface area contributed by atoms with Gasteiger partial charge in [-0.2, -0.15) is 10.2 Å². The molecule has 0 aliphatic heterocycles. The van der Waals surface area contributed by atoms with E-state index in [9.17, 15) is 9.59 Å². The lowest BCUT2D eigenvalue weighted by molar-refractivity contribution is -0.119. The van der Waals surface area contributed by atoms with E-state index in [1.165, 1.54) is 13.3 Å². The molecule has 0 radical (unpaired) electrons. The van der Waals surface area contributed by atoms with Crippen molar-refractivity contribution in [2.24, 2.45) is 10.8 Å². The summed E-state index contributed by atoms with van der Waals surface area (Å²) in [5.41, 5.74) is 9.67. The van der Waals surface area contributed by atoms with Gasteiger partial charge in [-0.25, -0.2) is 5.43 Å². The van der Waals surface area contributed by atoms with E-state index in [0.717, 1.165) is 5.56 Å². The molecule has 3 N–H and O–H groups in total. The molecule has 0 atom stereocenters. The molecule has 0 unspecified atom stereocenters. The maximum absolute atomic E-state index is 12.4. The number of benzene rings is 2. The van der Waals surface area contributed by atoms with Crippen LogP contribution in [0.4, 0.5) is 0 Å².